The van der Waals surface area contributed by atoms with Crippen LogP contribution >= 0.6 is 0 Å². The lowest BCUT2D eigenvalue weighted by atomic mass is 10.0. The molecule has 0 atom stereocenters. The van der Waals surface area contributed by atoms with Crippen LogP contribution in [0.4, 0.5) is 17.5 Å². The van der Waals surface area contributed by atoms with Gasteiger partial charge in [0.05, 0.1) is 7.11 Å². The smallest absolute Gasteiger partial charge is 0.227 e. The Kier molecular flexibility index (Phi) is 6.12. The first kappa shape index (κ1) is 19.5. The van der Waals surface area contributed by atoms with E-state index in [9.17, 15) is 4.79 Å². The van der Waals surface area contributed by atoms with E-state index in [-0.39, 0.29) is 17.9 Å². The lowest BCUT2D eigenvalue weighted by Gasteiger charge is -2.33. The second-order valence-electron chi connectivity index (χ2n) is 7.85. The molecule has 29 heavy (non-hydrogen) atoms. The highest BCUT2D eigenvalue weighted by Gasteiger charge is 2.27. The van der Waals surface area contributed by atoms with E-state index in [1.54, 1.807) is 13.3 Å². The monoisotopic (exact) mass is 395 g/mol. The molecule has 2 aliphatic rings. The molecule has 4 rings (SSSR count). The van der Waals surface area contributed by atoms with Gasteiger partial charge >= 0.3 is 0 Å². The van der Waals surface area contributed by atoms with Gasteiger partial charge in [0.25, 0.3) is 0 Å². The number of nitrogens with one attached hydrogen (secondary N) is 2. The molecule has 0 radical (unpaired) electrons. The molecule has 2 fully saturated rings. The Balaban J connectivity index is 1.31. The van der Waals surface area contributed by atoms with Crippen LogP contribution in [0.25, 0.3) is 0 Å². The number of aromatic nitrogens is 2. The van der Waals surface area contributed by atoms with Gasteiger partial charge in [0.2, 0.25) is 11.9 Å². The minimum atomic E-state index is 0.233. The maximum Gasteiger partial charge on any atom is 0.227 e. The molecule has 0 unspecified atom stereocenters. The van der Waals surface area contributed by atoms with Crippen LogP contribution in [0.1, 0.15) is 38.5 Å². The summed E-state index contributed by atoms with van der Waals surface area (Å²) < 4.78 is 5.19. The van der Waals surface area contributed by atoms with Gasteiger partial charge in [-0.3, -0.25) is 4.79 Å². The SMILES string of the molecule is COc1ccc(Nc2ccnc(N3CCC(NC(=O)C4CCCC4)CC3)n2)cc1. The fourth-order valence-electron chi connectivity index (χ4n) is 4.12. The van der Waals surface area contributed by atoms with Gasteiger partial charge in [-0.25, -0.2) is 4.98 Å². The summed E-state index contributed by atoms with van der Waals surface area (Å²) in [5.41, 5.74) is 0.948. The largest absolute Gasteiger partial charge is 0.497 e. The zero-order valence-electron chi connectivity index (χ0n) is 16.9. The summed E-state index contributed by atoms with van der Waals surface area (Å²) >= 11 is 0. The molecule has 0 bridgehead atoms. The Hall–Kier alpha value is -2.83. The van der Waals surface area contributed by atoms with Crippen molar-refractivity contribution in [1.82, 2.24) is 15.3 Å². The number of piperidine rings is 1. The fourth-order valence-corrected chi connectivity index (χ4v) is 4.12. The van der Waals surface area contributed by atoms with Gasteiger partial charge in [-0.2, -0.15) is 4.98 Å². The van der Waals surface area contributed by atoms with Crippen LogP contribution in [-0.4, -0.2) is 42.1 Å². The van der Waals surface area contributed by atoms with E-state index in [0.717, 1.165) is 62.0 Å². The highest BCUT2D eigenvalue weighted by atomic mass is 16.5. The van der Waals surface area contributed by atoms with E-state index >= 15 is 0 Å². The number of anilines is 3. The molecule has 7 nitrogen and oxygen atoms in total. The van der Waals surface area contributed by atoms with Crippen molar-refractivity contribution in [2.75, 3.05) is 30.4 Å². The van der Waals surface area contributed by atoms with Crippen molar-refractivity contribution in [3.8, 4) is 5.75 Å². The van der Waals surface area contributed by atoms with Crippen LogP contribution in [-0.2, 0) is 4.79 Å². The third-order valence-electron chi connectivity index (χ3n) is 5.86. The molecule has 1 saturated heterocycles. The number of benzene rings is 1. The number of amides is 1. The summed E-state index contributed by atoms with van der Waals surface area (Å²) in [6, 6.07) is 9.87. The van der Waals surface area contributed by atoms with Crippen LogP contribution in [0.5, 0.6) is 5.75 Å². The average molecular weight is 396 g/mol. The normalized spacial score (nSPS) is 17.9. The minimum Gasteiger partial charge on any atom is -0.497 e. The third kappa shape index (κ3) is 4.96. The molecular weight excluding hydrogens is 366 g/mol. The second kappa shape index (κ2) is 9.11. The Morgan fingerprint density at radius 1 is 1.07 bits per heavy atom. The first-order valence-corrected chi connectivity index (χ1v) is 10.5. The van der Waals surface area contributed by atoms with Gasteiger partial charge in [-0.1, -0.05) is 12.8 Å². The molecule has 7 heteroatoms. The zero-order valence-corrected chi connectivity index (χ0v) is 16.9. The predicted molar refractivity (Wildman–Crippen MR) is 114 cm³/mol. The summed E-state index contributed by atoms with van der Waals surface area (Å²) in [6.45, 7) is 1.70. The molecule has 1 saturated carbocycles. The summed E-state index contributed by atoms with van der Waals surface area (Å²) in [7, 11) is 1.66. The highest BCUT2D eigenvalue weighted by Crippen LogP contribution is 2.26. The number of hydrogen-bond donors (Lipinski definition) is 2. The lowest BCUT2D eigenvalue weighted by molar-refractivity contribution is -0.125. The van der Waals surface area contributed by atoms with Crippen molar-refractivity contribution in [3.05, 3.63) is 36.5 Å². The summed E-state index contributed by atoms with van der Waals surface area (Å²) in [4.78, 5) is 23.7. The second-order valence-corrected chi connectivity index (χ2v) is 7.85. The molecule has 1 aliphatic carbocycles. The van der Waals surface area contributed by atoms with Gasteiger partial charge < -0.3 is 20.3 Å². The van der Waals surface area contributed by atoms with E-state index in [0.29, 0.717) is 0 Å². The van der Waals surface area contributed by atoms with E-state index in [4.69, 9.17) is 4.74 Å². The molecule has 2 aromatic rings. The van der Waals surface area contributed by atoms with Gasteiger partial charge in [0, 0.05) is 36.9 Å². The molecular formula is C22H29N5O2. The van der Waals surface area contributed by atoms with E-state index in [2.05, 4.69) is 25.5 Å². The van der Waals surface area contributed by atoms with Crippen molar-refractivity contribution in [2.45, 2.75) is 44.6 Å². The van der Waals surface area contributed by atoms with Crippen LogP contribution < -0.4 is 20.3 Å². The average Bonchev–Trinajstić information content (AvgIpc) is 3.30. The minimum absolute atomic E-state index is 0.233. The number of hydrogen-bond acceptors (Lipinski definition) is 6. The third-order valence-corrected chi connectivity index (χ3v) is 5.86. The first-order valence-electron chi connectivity index (χ1n) is 10.5. The summed E-state index contributed by atoms with van der Waals surface area (Å²) in [5, 5.41) is 6.57. The molecule has 1 aliphatic heterocycles. The van der Waals surface area contributed by atoms with Crippen molar-refractivity contribution >= 4 is 23.4 Å². The van der Waals surface area contributed by atoms with Gasteiger partial charge in [-0.15, -0.1) is 0 Å². The van der Waals surface area contributed by atoms with Crippen molar-refractivity contribution in [2.24, 2.45) is 5.92 Å². The number of methoxy groups -OCH3 is 1. The molecule has 2 N–H and O–H groups in total. The lowest BCUT2D eigenvalue weighted by Crippen LogP contribution is -2.46. The molecule has 2 heterocycles. The van der Waals surface area contributed by atoms with Crippen molar-refractivity contribution in [1.29, 1.82) is 0 Å². The van der Waals surface area contributed by atoms with Crippen molar-refractivity contribution < 1.29 is 9.53 Å². The molecule has 154 valence electrons. The fraction of sp³-hybridized carbons (Fsp3) is 0.500. The number of rotatable bonds is 6. The number of nitrogens with zero attached hydrogens (tertiary/aromatic N) is 3. The van der Waals surface area contributed by atoms with E-state index in [1.165, 1.54) is 12.8 Å². The van der Waals surface area contributed by atoms with E-state index < -0.39 is 0 Å². The van der Waals surface area contributed by atoms with Gasteiger partial charge in [-0.05, 0) is 56.0 Å². The molecule has 1 aromatic carbocycles. The maximum absolute atomic E-state index is 12.4. The zero-order chi connectivity index (χ0) is 20.1. The number of ether oxygens (including phenoxy) is 1. The Morgan fingerprint density at radius 2 is 1.79 bits per heavy atom. The van der Waals surface area contributed by atoms with Crippen LogP contribution in [0, 0.1) is 5.92 Å². The predicted octanol–water partition coefficient (Wildman–Crippen LogP) is 3.50. The Bertz CT molecular complexity index is 812. The van der Waals surface area contributed by atoms with E-state index in [1.807, 2.05) is 30.3 Å². The topological polar surface area (TPSA) is 79.4 Å². The van der Waals surface area contributed by atoms with Gasteiger partial charge in [0.15, 0.2) is 0 Å². The quantitative estimate of drug-likeness (QED) is 0.779. The Morgan fingerprint density at radius 3 is 2.48 bits per heavy atom. The van der Waals surface area contributed by atoms with Crippen LogP contribution in [0.3, 0.4) is 0 Å². The van der Waals surface area contributed by atoms with Crippen LogP contribution in [0.15, 0.2) is 36.5 Å². The van der Waals surface area contributed by atoms with Crippen molar-refractivity contribution in [3.63, 3.8) is 0 Å². The Labute approximate surface area is 171 Å². The summed E-state index contributed by atoms with van der Waals surface area (Å²) in [6.07, 6.45) is 8.11. The summed E-state index contributed by atoms with van der Waals surface area (Å²) in [5.74, 6) is 2.79. The molecule has 1 amide bonds. The molecule has 0 spiro atoms. The number of carbonyl (C=O) groups excluding carboxylic acids is 1. The highest BCUT2D eigenvalue weighted by molar-refractivity contribution is 5.79. The van der Waals surface area contributed by atoms with Crippen LogP contribution in [0.2, 0.25) is 0 Å². The first-order chi connectivity index (χ1) is 14.2. The standard InChI is InChI=1S/C22H29N5O2/c1-29-19-8-6-17(7-9-19)24-20-10-13-23-22(26-20)27-14-11-18(12-15-27)25-21(28)16-4-2-3-5-16/h6-10,13,16,18H,2-5,11-12,14-15H2,1H3,(H,25,28)(H,23,24,26). The van der Waals surface area contributed by atoms with Gasteiger partial charge in [0.1, 0.15) is 11.6 Å². The molecule has 1 aromatic heterocycles. The maximum atomic E-state index is 12.4. The number of carbonyl (C=O) groups is 1.